The van der Waals surface area contributed by atoms with Crippen LogP contribution in [0.4, 0.5) is 10.8 Å². The van der Waals surface area contributed by atoms with E-state index in [-0.39, 0.29) is 11.6 Å². The molecule has 0 aliphatic carbocycles. The second kappa shape index (κ2) is 18.5. The second-order valence-corrected chi connectivity index (χ2v) is 13.8. The average molecular weight is 755 g/mol. The van der Waals surface area contributed by atoms with Crippen LogP contribution in [0.25, 0.3) is 17.3 Å². The fourth-order valence-corrected chi connectivity index (χ4v) is 7.15. The molecule has 11 heteroatoms. The molecule has 1 atom stereocenters. The molecule has 1 aromatic heterocycles. The van der Waals surface area contributed by atoms with Crippen LogP contribution in [0.2, 0.25) is 0 Å². The molecular weight excluding hydrogens is 717 g/mol. The van der Waals surface area contributed by atoms with Gasteiger partial charge in [-0.3, -0.25) is 14.4 Å². The molecule has 0 radical (unpaired) electrons. The number of nitrogens with zero attached hydrogens (tertiary/aromatic N) is 1. The lowest BCUT2D eigenvalue weighted by molar-refractivity contribution is -0.116. The number of carbonyl (C=O) groups is 3. The third-order valence-corrected chi connectivity index (χ3v) is 9.92. The molecule has 3 N–H and O–H groups in total. The van der Waals surface area contributed by atoms with Crippen LogP contribution in [0, 0.1) is 0 Å². The van der Waals surface area contributed by atoms with Gasteiger partial charge in [-0.15, -0.1) is 23.1 Å². The maximum atomic E-state index is 13.9. The van der Waals surface area contributed by atoms with Gasteiger partial charge in [-0.1, -0.05) is 66.7 Å². The number of thiazole rings is 1. The van der Waals surface area contributed by atoms with E-state index in [1.807, 2.05) is 98.1 Å². The fraction of sp³-hybridized carbons (Fsp3) is 0.116. The van der Waals surface area contributed by atoms with Gasteiger partial charge in [0, 0.05) is 27.1 Å². The number of carbonyl (C=O) groups excluding carboxylic acids is 3. The lowest BCUT2D eigenvalue weighted by Crippen LogP contribution is -2.30. The second-order valence-electron chi connectivity index (χ2n) is 11.8. The lowest BCUT2D eigenvalue weighted by atomic mass is 10.1. The van der Waals surface area contributed by atoms with Crippen LogP contribution in [0.1, 0.15) is 40.6 Å². The molecule has 6 rings (SSSR count). The maximum Gasteiger partial charge on any atom is 0.272 e. The lowest BCUT2D eigenvalue weighted by Gasteiger charge is -2.17. The molecular formula is C43H38N4O5S2. The molecule has 0 saturated carbocycles. The van der Waals surface area contributed by atoms with Gasteiger partial charge in [0.15, 0.2) is 5.13 Å². The quantitative estimate of drug-likeness (QED) is 0.0706. The smallest absolute Gasteiger partial charge is 0.272 e. The Balaban J connectivity index is 1.19. The first-order valence-electron chi connectivity index (χ1n) is 17.3. The van der Waals surface area contributed by atoms with Crippen LogP contribution in [-0.4, -0.2) is 35.9 Å². The first-order chi connectivity index (χ1) is 26.4. The molecule has 54 heavy (non-hydrogen) atoms. The Bertz CT molecular complexity index is 2210. The van der Waals surface area contributed by atoms with Crippen molar-refractivity contribution in [2.75, 3.05) is 23.8 Å². The van der Waals surface area contributed by atoms with Crippen LogP contribution in [0.15, 0.2) is 149 Å². The molecule has 9 nitrogen and oxygen atoms in total. The molecule has 0 fully saturated rings. The molecule has 0 saturated heterocycles. The standard InChI is InChI=1S/C43H38N4O5S2/c1-3-51-34-22-18-29(19-23-34)26-37(45-40(48)32-14-9-6-10-15-32)41(49)44-33-16-11-17-36(27-33)54-39(31-12-7-5-8-13-31)42(50)47-43-46-38(28-53-43)30-20-24-35(25-21-30)52-4-2/h5-28,39H,3-4H2,1-2H3,(H,44,49)(H,45,48)(H,46,47,50)/b37-26+. The largest absolute Gasteiger partial charge is 0.494 e. The summed E-state index contributed by atoms with van der Waals surface area (Å²) >= 11 is 2.70. The summed E-state index contributed by atoms with van der Waals surface area (Å²) in [7, 11) is 0. The van der Waals surface area contributed by atoms with Crippen LogP contribution >= 0.6 is 23.1 Å². The van der Waals surface area contributed by atoms with Gasteiger partial charge in [0.05, 0.1) is 18.9 Å². The number of anilines is 2. The van der Waals surface area contributed by atoms with Crippen LogP contribution < -0.4 is 25.4 Å². The summed E-state index contributed by atoms with van der Waals surface area (Å²) in [6, 6.07) is 40.3. The Morgan fingerprint density at radius 1 is 0.759 bits per heavy atom. The van der Waals surface area contributed by atoms with Gasteiger partial charge >= 0.3 is 0 Å². The number of ether oxygens (including phenoxy) is 2. The van der Waals surface area contributed by atoms with Crippen molar-refractivity contribution in [3.8, 4) is 22.8 Å². The van der Waals surface area contributed by atoms with E-state index < -0.39 is 17.1 Å². The Labute approximate surface area is 322 Å². The number of hydrogen-bond donors (Lipinski definition) is 3. The predicted octanol–water partition coefficient (Wildman–Crippen LogP) is 9.49. The van der Waals surface area contributed by atoms with Crippen molar-refractivity contribution < 1.29 is 23.9 Å². The van der Waals surface area contributed by atoms with Crippen molar-refractivity contribution >= 4 is 57.7 Å². The van der Waals surface area contributed by atoms with Gasteiger partial charge in [-0.2, -0.15) is 0 Å². The van der Waals surface area contributed by atoms with E-state index >= 15 is 0 Å². The molecule has 0 spiro atoms. The summed E-state index contributed by atoms with van der Waals surface area (Å²) in [4.78, 5) is 46.2. The van der Waals surface area contributed by atoms with Crippen molar-refractivity contribution in [3.63, 3.8) is 0 Å². The Morgan fingerprint density at radius 3 is 2.07 bits per heavy atom. The van der Waals surface area contributed by atoms with Gasteiger partial charge in [-0.05, 0) is 97.8 Å². The summed E-state index contributed by atoms with van der Waals surface area (Å²) in [5.41, 5.74) is 4.13. The molecule has 0 bridgehead atoms. The first kappa shape index (κ1) is 37.6. The number of hydrogen-bond acceptors (Lipinski definition) is 8. The number of nitrogens with one attached hydrogen (secondary N) is 3. The highest BCUT2D eigenvalue weighted by Crippen LogP contribution is 2.38. The minimum Gasteiger partial charge on any atom is -0.494 e. The monoisotopic (exact) mass is 754 g/mol. The van der Waals surface area contributed by atoms with Crippen LogP contribution in [0.5, 0.6) is 11.5 Å². The number of aromatic nitrogens is 1. The van der Waals surface area contributed by atoms with Crippen molar-refractivity contribution in [2.24, 2.45) is 0 Å². The molecule has 6 aromatic rings. The zero-order chi connectivity index (χ0) is 37.7. The number of rotatable bonds is 15. The van der Waals surface area contributed by atoms with E-state index in [2.05, 4.69) is 20.9 Å². The van der Waals surface area contributed by atoms with Crippen LogP contribution in [-0.2, 0) is 9.59 Å². The van der Waals surface area contributed by atoms with E-state index in [0.29, 0.717) is 40.9 Å². The van der Waals surface area contributed by atoms with E-state index in [0.717, 1.165) is 27.5 Å². The Kier molecular flexibility index (Phi) is 12.9. The van der Waals surface area contributed by atoms with Gasteiger partial charge in [0.25, 0.3) is 11.8 Å². The Morgan fingerprint density at radius 2 is 1.41 bits per heavy atom. The summed E-state index contributed by atoms with van der Waals surface area (Å²) in [5, 5.41) is 10.5. The third kappa shape index (κ3) is 10.2. The SMILES string of the molecule is CCOc1ccc(/C=C(/NC(=O)c2ccccc2)C(=O)Nc2cccc(SC(C(=O)Nc3nc(-c4ccc(OCC)cc4)cs3)c3ccccc3)c2)cc1. The molecule has 0 aliphatic rings. The van der Waals surface area contributed by atoms with E-state index in [9.17, 15) is 14.4 Å². The summed E-state index contributed by atoms with van der Waals surface area (Å²) < 4.78 is 11.1. The van der Waals surface area contributed by atoms with Crippen molar-refractivity contribution in [1.29, 1.82) is 0 Å². The first-order valence-corrected chi connectivity index (χ1v) is 19.1. The van der Waals surface area contributed by atoms with E-state index in [1.165, 1.54) is 23.1 Å². The molecule has 5 aromatic carbocycles. The molecule has 272 valence electrons. The highest BCUT2D eigenvalue weighted by Gasteiger charge is 2.24. The molecule has 3 amide bonds. The summed E-state index contributed by atoms with van der Waals surface area (Å²) in [6.07, 6.45) is 1.61. The zero-order valence-electron chi connectivity index (χ0n) is 29.7. The number of amides is 3. The molecule has 0 aliphatic heterocycles. The van der Waals surface area contributed by atoms with Gasteiger partial charge in [0.1, 0.15) is 22.4 Å². The summed E-state index contributed by atoms with van der Waals surface area (Å²) in [6.45, 7) is 4.96. The molecule has 1 unspecified atom stereocenters. The number of thioether (sulfide) groups is 1. The van der Waals surface area contributed by atoms with Crippen molar-refractivity contribution in [2.45, 2.75) is 24.0 Å². The molecule has 1 heterocycles. The average Bonchev–Trinajstić information content (AvgIpc) is 3.67. The van der Waals surface area contributed by atoms with Crippen LogP contribution in [0.3, 0.4) is 0 Å². The summed E-state index contributed by atoms with van der Waals surface area (Å²) in [5.74, 6) is 0.311. The highest BCUT2D eigenvalue weighted by molar-refractivity contribution is 8.00. The zero-order valence-corrected chi connectivity index (χ0v) is 31.3. The van der Waals surface area contributed by atoms with Crippen molar-refractivity contribution in [3.05, 3.63) is 161 Å². The highest BCUT2D eigenvalue weighted by atomic mass is 32.2. The van der Waals surface area contributed by atoms with Gasteiger partial charge in [-0.25, -0.2) is 4.98 Å². The fourth-order valence-electron chi connectivity index (χ4n) is 5.34. The van der Waals surface area contributed by atoms with Gasteiger partial charge in [0.2, 0.25) is 5.91 Å². The van der Waals surface area contributed by atoms with Gasteiger partial charge < -0.3 is 25.4 Å². The van der Waals surface area contributed by atoms with Crippen molar-refractivity contribution in [1.82, 2.24) is 10.3 Å². The minimum absolute atomic E-state index is 0.0562. The predicted molar refractivity (Wildman–Crippen MR) is 217 cm³/mol. The maximum absolute atomic E-state index is 13.9. The topological polar surface area (TPSA) is 119 Å². The van der Waals surface area contributed by atoms with E-state index in [4.69, 9.17) is 9.47 Å². The normalized spacial score (nSPS) is 11.6. The Hall–Kier alpha value is -6.17. The van der Waals surface area contributed by atoms with E-state index in [1.54, 1.807) is 60.7 Å². The minimum atomic E-state index is -0.629. The third-order valence-electron chi connectivity index (χ3n) is 7.91. The number of benzene rings is 5.